The molecule has 0 radical (unpaired) electrons. The Kier molecular flexibility index (Phi) is 13.4. The van der Waals surface area contributed by atoms with Crippen molar-refractivity contribution in [1.29, 1.82) is 0 Å². The zero-order chi connectivity index (χ0) is 31.0. The van der Waals surface area contributed by atoms with Crippen molar-refractivity contribution >= 4 is 17.8 Å². The Morgan fingerprint density at radius 1 is 0.860 bits per heavy atom. The fourth-order valence-corrected chi connectivity index (χ4v) is 4.16. The molecule has 0 saturated heterocycles. The number of hydrogen-bond donors (Lipinski definition) is 1. The number of nitrogens with one attached hydrogen (secondary N) is 1. The maximum Gasteiger partial charge on any atom is 0.338 e. The molecule has 3 aromatic rings. The average molecular weight is 592 g/mol. The first kappa shape index (κ1) is 33.0. The van der Waals surface area contributed by atoms with E-state index in [0.29, 0.717) is 30.1 Å². The van der Waals surface area contributed by atoms with Gasteiger partial charge in [-0.25, -0.2) is 4.79 Å². The third-order valence-electron chi connectivity index (χ3n) is 6.29. The number of hydrogen-bond acceptors (Lipinski definition) is 8. The van der Waals surface area contributed by atoms with Crippen LogP contribution in [0.2, 0.25) is 0 Å². The summed E-state index contributed by atoms with van der Waals surface area (Å²) in [6.45, 7) is 7.02. The Morgan fingerprint density at radius 3 is 2.23 bits per heavy atom. The zero-order valence-corrected chi connectivity index (χ0v) is 25.4. The van der Waals surface area contributed by atoms with Gasteiger partial charge in [-0.05, 0) is 87.2 Å². The number of carbonyl (C=O) groups excluding carboxylic acids is 3. The summed E-state index contributed by atoms with van der Waals surface area (Å²) in [5, 5.41) is 2.69. The molecule has 0 aromatic heterocycles. The second kappa shape index (κ2) is 17.4. The molecule has 0 saturated carbocycles. The average Bonchev–Trinajstić information content (AvgIpc) is 2.99. The van der Waals surface area contributed by atoms with E-state index in [1.807, 2.05) is 62.4 Å². The molecule has 0 aliphatic heterocycles. The van der Waals surface area contributed by atoms with Crippen LogP contribution in [0.25, 0.3) is 0 Å². The molecule has 0 fully saturated rings. The van der Waals surface area contributed by atoms with E-state index in [-0.39, 0.29) is 38.0 Å². The number of aryl methyl sites for hydroxylation is 1. The maximum absolute atomic E-state index is 12.5. The molecule has 1 N–H and O–H groups in total. The summed E-state index contributed by atoms with van der Waals surface area (Å²) in [5.41, 5.74) is 3.11. The highest BCUT2D eigenvalue weighted by atomic mass is 16.5. The molecule has 3 aromatic carbocycles. The fraction of sp³-hybridized carbons (Fsp3) is 0.382. The molecule has 1 amide bonds. The number of amides is 1. The molecule has 43 heavy (non-hydrogen) atoms. The van der Waals surface area contributed by atoms with Gasteiger partial charge >= 0.3 is 11.9 Å². The van der Waals surface area contributed by atoms with Gasteiger partial charge in [0.05, 0.1) is 44.8 Å². The number of ether oxygens (including phenoxy) is 5. The van der Waals surface area contributed by atoms with Crippen molar-refractivity contribution in [1.82, 2.24) is 5.32 Å². The van der Waals surface area contributed by atoms with Crippen LogP contribution in [0, 0.1) is 0 Å². The van der Waals surface area contributed by atoms with Crippen LogP contribution < -0.4 is 19.5 Å². The van der Waals surface area contributed by atoms with E-state index in [0.717, 1.165) is 35.5 Å². The van der Waals surface area contributed by atoms with Gasteiger partial charge in [0.2, 0.25) is 5.91 Å². The second-order valence-electron chi connectivity index (χ2n) is 10.1. The van der Waals surface area contributed by atoms with Crippen molar-refractivity contribution < 1.29 is 38.1 Å². The predicted octanol–water partition coefficient (Wildman–Crippen LogP) is 5.46. The monoisotopic (exact) mass is 591 g/mol. The highest BCUT2D eigenvalue weighted by molar-refractivity contribution is 5.90. The first-order chi connectivity index (χ1) is 20.8. The molecular weight excluding hydrogens is 550 g/mol. The first-order valence-electron chi connectivity index (χ1n) is 14.5. The van der Waals surface area contributed by atoms with Gasteiger partial charge in [-0.3, -0.25) is 9.59 Å². The zero-order valence-electron chi connectivity index (χ0n) is 25.4. The summed E-state index contributed by atoms with van der Waals surface area (Å²) in [5.74, 6) is 0.976. The molecular formula is C34H41NO8. The molecule has 0 aliphatic rings. The van der Waals surface area contributed by atoms with Gasteiger partial charge in [-0.1, -0.05) is 24.3 Å². The van der Waals surface area contributed by atoms with Gasteiger partial charge in [0.25, 0.3) is 0 Å². The molecule has 0 atom stereocenters. The topological polar surface area (TPSA) is 109 Å². The van der Waals surface area contributed by atoms with Crippen molar-refractivity contribution in [2.75, 3.05) is 26.9 Å². The van der Waals surface area contributed by atoms with Crippen molar-refractivity contribution in [3.63, 3.8) is 0 Å². The van der Waals surface area contributed by atoms with Crippen LogP contribution in [0.3, 0.4) is 0 Å². The summed E-state index contributed by atoms with van der Waals surface area (Å²) >= 11 is 0. The molecule has 230 valence electrons. The van der Waals surface area contributed by atoms with Crippen molar-refractivity contribution in [3.05, 3.63) is 89.0 Å². The van der Waals surface area contributed by atoms with Crippen LogP contribution in [-0.2, 0) is 38.5 Å². The lowest BCUT2D eigenvalue weighted by Gasteiger charge is -2.14. The van der Waals surface area contributed by atoms with Crippen molar-refractivity contribution in [2.45, 2.75) is 59.2 Å². The highest BCUT2D eigenvalue weighted by Gasteiger charge is 2.15. The van der Waals surface area contributed by atoms with Gasteiger partial charge < -0.3 is 29.0 Å². The number of methoxy groups -OCH3 is 1. The molecule has 0 unspecified atom stereocenters. The Morgan fingerprint density at radius 2 is 1.56 bits per heavy atom. The number of rotatable bonds is 17. The molecule has 0 aliphatic carbocycles. The van der Waals surface area contributed by atoms with Gasteiger partial charge in [0.15, 0.2) is 0 Å². The third kappa shape index (κ3) is 11.7. The predicted molar refractivity (Wildman–Crippen MR) is 163 cm³/mol. The number of carbonyl (C=O) groups is 3. The first-order valence-corrected chi connectivity index (χ1v) is 14.5. The summed E-state index contributed by atoms with van der Waals surface area (Å²) in [7, 11) is 1.30. The van der Waals surface area contributed by atoms with Crippen LogP contribution in [0.1, 0.15) is 60.7 Å². The Balaban J connectivity index is 1.49. The Labute approximate surface area is 253 Å². The molecule has 0 heterocycles. The largest absolute Gasteiger partial charge is 0.493 e. The van der Waals surface area contributed by atoms with E-state index in [1.54, 1.807) is 25.1 Å². The summed E-state index contributed by atoms with van der Waals surface area (Å²) in [6.07, 6.45) is 1.74. The smallest absolute Gasteiger partial charge is 0.338 e. The van der Waals surface area contributed by atoms with Crippen molar-refractivity contribution in [2.24, 2.45) is 0 Å². The maximum atomic E-state index is 12.5. The lowest BCUT2D eigenvalue weighted by molar-refractivity contribution is -0.140. The third-order valence-corrected chi connectivity index (χ3v) is 6.29. The van der Waals surface area contributed by atoms with Gasteiger partial charge in [-0.2, -0.15) is 0 Å². The van der Waals surface area contributed by atoms with Crippen molar-refractivity contribution in [3.8, 4) is 17.2 Å². The minimum atomic E-state index is -0.469. The van der Waals surface area contributed by atoms with E-state index in [2.05, 4.69) is 10.1 Å². The molecule has 9 nitrogen and oxygen atoms in total. The minimum absolute atomic E-state index is 0.0128. The van der Waals surface area contributed by atoms with E-state index in [1.165, 1.54) is 7.11 Å². The molecule has 0 bridgehead atoms. The normalized spacial score (nSPS) is 10.6. The van der Waals surface area contributed by atoms with E-state index >= 15 is 0 Å². The molecule has 3 rings (SSSR count). The minimum Gasteiger partial charge on any atom is -0.493 e. The number of esters is 2. The summed E-state index contributed by atoms with van der Waals surface area (Å²) in [4.78, 5) is 36.1. The van der Waals surface area contributed by atoms with Gasteiger partial charge in [-0.15, -0.1) is 0 Å². The fourth-order valence-electron chi connectivity index (χ4n) is 4.16. The molecule has 0 spiro atoms. The van der Waals surface area contributed by atoms with Crippen LogP contribution in [0.5, 0.6) is 17.2 Å². The SMILES string of the molecule is CCOC(=O)c1ccc(OCCCc2ccc(OCc3ccc(OC(C)C)cc3)cc2)c(CC(=O)NCCC(=O)OC)c1. The summed E-state index contributed by atoms with van der Waals surface area (Å²) < 4.78 is 27.3. The Hall–Kier alpha value is -4.53. The Bertz CT molecular complexity index is 1320. The lowest BCUT2D eigenvalue weighted by atomic mass is 10.1. The van der Waals surface area contributed by atoms with E-state index < -0.39 is 11.9 Å². The van der Waals surface area contributed by atoms with Crippen LogP contribution in [0.4, 0.5) is 0 Å². The van der Waals surface area contributed by atoms with Crippen LogP contribution in [-0.4, -0.2) is 50.8 Å². The molecule has 9 heteroatoms. The van der Waals surface area contributed by atoms with Crippen LogP contribution in [0.15, 0.2) is 66.7 Å². The van der Waals surface area contributed by atoms with Crippen LogP contribution >= 0.6 is 0 Å². The lowest BCUT2D eigenvalue weighted by Crippen LogP contribution is -2.28. The summed E-state index contributed by atoms with van der Waals surface area (Å²) in [6, 6.07) is 20.8. The quantitative estimate of drug-likeness (QED) is 0.163. The van der Waals surface area contributed by atoms with E-state index in [4.69, 9.17) is 18.9 Å². The standard InChI is InChI=1S/C34H41NO8/c1-5-40-34(38)27-12-17-31(28(21-27)22-32(36)35-19-18-33(37)39-4)41-20-6-7-25-8-13-29(14-9-25)42-23-26-10-15-30(16-11-26)43-24(2)3/h8-17,21,24H,5-7,18-20,22-23H2,1-4H3,(H,35,36). The van der Waals surface area contributed by atoms with Gasteiger partial charge in [0.1, 0.15) is 23.9 Å². The van der Waals surface area contributed by atoms with E-state index in [9.17, 15) is 14.4 Å². The highest BCUT2D eigenvalue weighted by Crippen LogP contribution is 2.23. The second-order valence-corrected chi connectivity index (χ2v) is 10.1. The number of benzene rings is 3. The van der Waals surface area contributed by atoms with Gasteiger partial charge in [0, 0.05) is 12.1 Å².